The molecule has 2 heteroatoms. The first-order valence-corrected chi connectivity index (χ1v) is 5.97. The Hall–Kier alpha value is -0.0800. The molecule has 0 bridgehead atoms. The summed E-state index contributed by atoms with van der Waals surface area (Å²) < 4.78 is 0. The molecule has 0 aromatic rings. The second kappa shape index (κ2) is 4.63. The first kappa shape index (κ1) is 12.0. The van der Waals surface area contributed by atoms with Crippen LogP contribution in [0, 0.1) is 5.41 Å². The Bertz CT molecular complexity index is 175. The average molecular weight is 199 g/mol. The summed E-state index contributed by atoms with van der Waals surface area (Å²) in [5.74, 6) is 0. The van der Waals surface area contributed by atoms with Gasteiger partial charge in [-0.05, 0) is 45.1 Å². The van der Waals surface area contributed by atoms with Crippen LogP contribution in [0.25, 0.3) is 0 Å². The van der Waals surface area contributed by atoms with E-state index in [1.165, 1.54) is 25.8 Å². The van der Waals surface area contributed by atoms with E-state index in [0.29, 0.717) is 11.5 Å². The summed E-state index contributed by atoms with van der Waals surface area (Å²) in [7, 11) is 0. The Balaban J connectivity index is 2.55. The minimum absolute atomic E-state index is 0.209. The molecular weight excluding hydrogens is 174 g/mol. The van der Waals surface area contributed by atoms with Crippen LogP contribution in [0.15, 0.2) is 0 Å². The van der Waals surface area contributed by atoms with Gasteiger partial charge in [-0.2, -0.15) is 0 Å². The maximum absolute atomic E-state index is 9.56. The highest BCUT2D eigenvalue weighted by atomic mass is 16.3. The summed E-state index contributed by atoms with van der Waals surface area (Å²) in [6.07, 6.45) is 3.63. The molecule has 0 aromatic carbocycles. The van der Waals surface area contributed by atoms with Gasteiger partial charge in [-0.3, -0.25) is 4.90 Å². The van der Waals surface area contributed by atoms with Gasteiger partial charge in [0.25, 0.3) is 0 Å². The van der Waals surface area contributed by atoms with Crippen molar-refractivity contribution in [3.8, 4) is 0 Å². The number of hydrogen-bond acceptors (Lipinski definition) is 2. The van der Waals surface area contributed by atoms with E-state index >= 15 is 0 Å². The maximum atomic E-state index is 9.56. The molecule has 0 aromatic heterocycles. The molecule has 1 aliphatic heterocycles. The molecule has 0 spiro atoms. The van der Waals surface area contributed by atoms with Gasteiger partial charge in [0.05, 0.1) is 6.10 Å². The Kier molecular flexibility index (Phi) is 3.96. The van der Waals surface area contributed by atoms with Gasteiger partial charge in [-0.25, -0.2) is 0 Å². The van der Waals surface area contributed by atoms with Gasteiger partial charge in [-0.15, -0.1) is 0 Å². The summed E-state index contributed by atoms with van der Waals surface area (Å²) in [5, 5.41) is 9.56. The highest BCUT2D eigenvalue weighted by Crippen LogP contribution is 2.37. The molecule has 1 saturated heterocycles. The predicted octanol–water partition coefficient (Wildman–Crippen LogP) is 2.27. The summed E-state index contributed by atoms with van der Waals surface area (Å²) in [5.41, 5.74) is 0.531. The summed E-state index contributed by atoms with van der Waals surface area (Å²) >= 11 is 0. The van der Waals surface area contributed by atoms with Crippen molar-refractivity contribution < 1.29 is 5.11 Å². The van der Waals surface area contributed by atoms with Gasteiger partial charge in [0.15, 0.2) is 0 Å². The molecule has 0 aliphatic carbocycles. The third-order valence-electron chi connectivity index (χ3n) is 4.24. The van der Waals surface area contributed by atoms with Crippen LogP contribution in [0.5, 0.6) is 0 Å². The lowest BCUT2D eigenvalue weighted by molar-refractivity contribution is 0.0765. The summed E-state index contributed by atoms with van der Waals surface area (Å²) in [4.78, 5) is 2.44. The van der Waals surface area contributed by atoms with Crippen LogP contribution < -0.4 is 0 Å². The lowest BCUT2D eigenvalue weighted by atomic mass is 9.82. The molecule has 1 fully saturated rings. The molecule has 1 heterocycles. The van der Waals surface area contributed by atoms with Gasteiger partial charge < -0.3 is 5.11 Å². The smallest absolute Gasteiger partial charge is 0.0664 e. The third-order valence-corrected chi connectivity index (χ3v) is 4.24. The number of aliphatic hydroxyl groups is 1. The number of aliphatic hydroxyl groups excluding tert-OH is 1. The van der Waals surface area contributed by atoms with Crippen molar-refractivity contribution in [2.24, 2.45) is 5.41 Å². The largest absolute Gasteiger partial charge is 0.392 e. The molecule has 2 nitrogen and oxygen atoms in total. The van der Waals surface area contributed by atoms with E-state index in [1.54, 1.807) is 0 Å². The van der Waals surface area contributed by atoms with E-state index in [9.17, 15) is 5.11 Å². The van der Waals surface area contributed by atoms with Crippen LogP contribution in [0.3, 0.4) is 0 Å². The highest BCUT2D eigenvalue weighted by molar-refractivity contribution is 4.90. The fourth-order valence-corrected chi connectivity index (χ4v) is 2.45. The quantitative estimate of drug-likeness (QED) is 0.751. The average Bonchev–Trinajstić information content (AvgIpc) is 2.61. The fourth-order valence-electron chi connectivity index (χ4n) is 2.45. The van der Waals surface area contributed by atoms with Gasteiger partial charge in [0.1, 0.15) is 0 Å². The van der Waals surface area contributed by atoms with E-state index in [-0.39, 0.29) is 6.10 Å². The normalized spacial score (nSPS) is 26.4. The van der Waals surface area contributed by atoms with Gasteiger partial charge in [0, 0.05) is 12.6 Å². The first-order chi connectivity index (χ1) is 6.54. The molecule has 2 unspecified atom stereocenters. The van der Waals surface area contributed by atoms with Crippen LogP contribution in [-0.4, -0.2) is 35.2 Å². The zero-order valence-corrected chi connectivity index (χ0v) is 10.1. The lowest BCUT2D eigenvalue weighted by Gasteiger charge is -2.30. The maximum Gasteiger partial charge on any atom is 0.0664 e. The van der Waals surface area contributed by atoms with Crippen LogP contribution in [0.1, 0.15) is 47.0 Å². The Labute approximate surface area is 88.3 Å². The third kappa shape index (κ3) is 2.29. The van der Waals surface area contributed by atoms with Crippen molar-refractivity contribution in [2.45, 2.75) is 59.1 Å². The van der Waals surface area contributed by atoms with Crippen molar-refractivity contribution >= 4 is 0 Å². The highest BCUT2D eigenvalue weighted by Gasteiger charge is 2.37. The molecule has 1 N–H and O–H groups in total. The second-order valence-electron chi connectivity index (χ2n) is 4.91. The van der Waals surface area contributed by atoms with Crippen molar-refractivity contribution in [1.29, 1.82) is 0 Å². The van der Waals surface area contributed by atoms with Gasteiger partial charge in [0.2, 0.25) is 0 Å². The second-order valence-corrected chi connectivity index (χ2v) is 4.91. The molecule has 0 saturated carbocycles. The minimum atomic E-state index is -0.209. The van der Waals surface area contributed by atoms with Crippen molar-refractivity contribution in [1.82, 2.24) is 4.90 Å². The predicted molar refractivity (Wildman–Crippen MR) is 60.3 cm³/mol. The molecule has 0 amide bonds. The van der Waals surface area contributed by atoms with Gasteiger partial charge in [-0.1, -0.05) is 13.8 Å². The van der Waals surface area contributed by atoms with Crippen LogP contribution in [0.2, 0.25) is 0 Å². The molecule has 1 rings (SSSR count). The monoisotopic (exact) mass is 199 g/mol. The van der Waals surface area contributed by atoms with E-state index in [4.69, 9.17) is 0 Å². The van der Waals surface area contributed by atoms with Crippen LogP contribution in [0.4, 0.5) is 0 Å². The minimum Gasteiger partial charge on any atom is -0.392 e. The van der Waals surface area contributed by atoms with Crippen LogP contribution >= 0.6 is 0 Å². The zero-order valence-electron chi connectivity index (χ0n) is 10.1. The van der Waals surface area contributed by atoms with Crippen molar-refractivity contribution in [2.75, 3.05) is 13.1 Å². The van der Waals surface area contributed by atoms with Gasteiger partial charge >= 0.3 is 0 Å². The number of hydrogen-bond donors (Lipinski definition) is 1. The summed E-state index contributed by atoms with van der Waals surface area (Å²) in [6, 6.07) is 0.315. The number of rotatable bonds is 4. The van der Waals surface area contributed by atoms with Crippen molar-refractivity contribution in [3.63, 3.8) is 0 Å². The Morgan fingerprint density at radius 2 is 1.86 bits per heavy atom. The SMILES string of the molecule is CCC1(CC)CCN(C(C)C(C)O)C1. The Morgan fingerprint density at radius 3 is 2.21 bits per heavy atom. The molecule has 2 atom stereocenters. The standard InChI is InChI=1S/C12H25NO/c1-5-12(6-2)7-8-13(9-12)10(3)11(4)14/h10-11,14H,5-9H2,1-4H3. The van der Waals surface area contributed by atoms with E-state index < -0.39 is 0 Å². The van der Waals surface area contributed by atoms with Crippen molar-refractivity contribution in [3.05, 3.63) is 0 Å². The molecule has 14 heavy (non-hydrogen) atoms. The summed E-state index contributed by atoms with van der Waals surface area (Å²) in [6.45, 7) is 10.9. The molecule has 84 valence electrons. The number of nitrogens with zero attached hydrogens (tertiary/aromatic N) is 1. The van der Waals surface area contributed by atoms with E-state index in [1.807, 2.05) is 6.92 Å². The first-order valence-electron chi connectivity index (χ1n) is 5.97. The van der Waals surface area contributed by atoms with Crippen LogP contribution in [-0.2, 0) is 0 Å². The number of likely N-dealkylation sites (tertiary alicyclic amines) is 1. The zero-order chi connectivity index (χ0) is 10.8. The molecule has 1 aliphatic rings. The molecular formula is C12H25NO. The fraction of sp³-hybridized carbons (Fsp3) is 1.00. The van der Waals surface area contributed by atoms with E-state index in [0.717, 1.165) is 6.54 Å². The van der Waals surface area contributed by atoms with E-state index in [2.05, 4.69) is 25.7 Å². The topological polar surface area (TPSA) is 23.5 Å². The Morgan fingerprint density at radius 1 is 1.29 bits per heavy atom. The lowest BCUT2D eigenvalue weighted by Crippen LogP contribution is -2.40. The molecule has 0 radical (unpaired) electrons.